The van der Waals surface area contributed by atoms with Gasteiger partial charge in [0.05, 0.1) is 17.8 Å². The van der Waals surface area contributed by atoms with Crippen molar-refractivity contribution in [2.24, 2.45) is 0 Å². The van der Waals surface area contributed by atoms with Crippen molar-refractivity contribution in [2.75, 3.05) is 6.54 Å². The van der Waals surface area contributed by atoms with Gasteiger partial charge in [-0.1, -0.05) is 0 Å². The molecule has 0 aromatic carbocycles. The van der Waals surface area contributed by atoms with E-state index in [2.05, 4.69) is 11.1 Å². The van der Waals surface area contributed by atoms with Crippen molar-refractivity contribution in [2.45, 2.75) is 25.3 Å². The van der Waals surface area contributed by atoms with Gasteiger partial charge in [-0.05, 0) is 25.3 Å². The monoisotopic (exact) mass is 233 g/mol. The Hall–Kier alpha value is -1.96. The number of nitriles is 1. The first kappa shape index (κ1) is 11.5. The van der Waals surface area contributed by atoms with Crippen molar-refractivity contribution in [3.8, 4) is 6.07 Å². The van der Waals surface area contributed by atoms with Crippen molar-refractivity contribution in [3.05, 3.63) is 29.8 Å². The lowest BCUT2D eigenvalue weighted by atomic mass is 10.0. The molecule has 1 aliphatic heterocycles. The second-order valence-corrected chi connectivity index (χ2v) is 3.99. The van der Waals surface area contributed by atoms with E-state index in [-0.39, 0.29) is 5.56 Å². The summed E-state index contributed by atoms with van der Waals surface area (Å²) in [6.45, 7) is 0.513. The fourth-order valence-electron chi connectivity index (χ4n) is 2.01. The van der Waals surface area contributed by atoms with Crippen molar-refractivity contribution in [1.29, 1.82) is 5.26 Å². The number of aromatic nitrogens is 1. The van der Waals surface area contributed by atoms with Gasteiger partial charge in [0, 0.05) is 12.7 Å². The predicted octanol–water partition coefficient (Wildman–Crippen LogP) is 1.74. The predicted molar refractivity (Wildman–Crippen MR) is 58.5 cm³/mol. The van der Waals surface area contributed by atoms with Crippen LogP contribution in [0, 0.1) is 17.1 Å². The van der Waals surface area contributed by atoms with Gasteiger partial charge < -0.3 is 4.90 Å². The van der Waals surface area contributed by atoms with E-state index in [4.69, 9.17) is 5.26 Å². The van der Waals surface area contributed by atoms with Gasteiger partial charge in [-0.25, -0.2) is 4.39 Å². The van der Waals surface area contributed by atoms with Crippen molar-refractivity contribution in [3.63, 3.8) is 0 Å². The first-order chi connectivity index (χ1) is 8.24. The van der Waals surface area contributed by atoms with Crippen molar-refractivity contribution < 1.29 is 9.18 Å². The summed E-state index contributed by atoms with van der Waals surface area (Å²) in [5.41, 5.74) is -0.0119. The third-order valence-corrected chi connectivity index (χ3v) is 2.92. The number of nitrogens with zero attached hydrogens (tertiary/aromatic N) is 3. The Bertz CT molecular complexity index is 469. The number of pyridine rings is 1. The molecule has 1 aromatic rings. The number of piperidine rings is 1. The van der Waals surface area contributed by atoms with Crippen LogP contribution in [-0.2, 0) is 0 Å². The molecule has 0 N–H and O–H groups in total. The van der Waals surface area contributed by atoms with Gasteiger partial charge in [-0.2, -0.15) is 5.26 Å². The molecule has 4 nitrogen and oxygen atoms in total. The Kier molecular flexibility index (Phi) is 3.33. The number of likely N-dealkylation sites (tertiary alicyclic amines) is 1. The zero-order valence-corrected chi connectivity index (χ0v) is 9.27. The molecule has 0 bridgehead atoms. The molecule has 0 spiro atoms. The van der Waals surface area contributed by atoms with E-state index in [0.29, 0.717) is 13.0 Å². The summed E-state index contributed by atoms with van der Waals surface area (Å²) in [5.74, 6) is -1.06. The maximum absolute atomic E-state index is 13.4. The van der Waals surface area contributed by atoms with E-state index < -0.39 is 17.8 Å². The smallest absolute Gasteiger partial charge is 0.258 e. The van der Waals surface area contributed by atoms with Gasteiger partial charge in [-0.15, -0.1) is 0 Å². The number of carbonyl (C=O) groups excluding carboxylic acids is 1. The molecule has 1 aromatic heterocycles. The molecule has 0 radical (unpaired) electrons. The number of halogens is 1. The van der Waals surface area contributed by atoms with Crippen LogP contribution in [0.25, 0.3) is 0 Å². The van der Waals surface area contributed by atoms with Gasteiger partial charge in [0.25, 0.3) is 5.91 Å². The number of amides is 1. The highest BCUT2D eigenvalue weighted by Gasteiger charge is 2.28. The molecule has 1 amide bonds. The number of rotatable bonds is 1. The molecule has 88 valence electrons. The maximum Gasteiger partial charge on any atom is 0.258 e. The van der Waals surface area contributed by atoms with Crippen LogP contribution >= 0.6 is 0 Å². The molecule has 1 atom stereocenters. The first-order valence-electron chi connectivity index (χ1n) is 5.54. The summed E-state index contributed by atoms with van der Waals surface area (Å²) in [6, 6.07) is 3.00. The summed E-state index contributed by atoms with van der Waals surface area (Å²) in [5, 5.41) is 8.98. The summed E-state index contributed by atoms with van der Waals surface area (Å²) >= 11 is 0. The number of hydrogen-bond donors (Lipinski definition) is 0. The average molecular weight is 233 g/mol. The van der Waals surface area contributed by atoms with Gasteiger partial charge >= 0.3 is 0 Å². The molecule has 2 heterocycles. The van der Waals surface area contributed by atoms with Crippen LogP contribution < -0.4 is 0 Å². The second kappa shape index (κ2) is 4.91. The third kappa shape index (κ3) is 2.26. The zero-order chi connectivity index (χ0) is 12.3. The SMILES string of the molecule is N#CC1CCCCN1C(=O)c1ccncc1F. The standard InChI is InChI=1S/C12H12FN3O/c13-11-8-15-5-4-10(11)12(17)16-6-2-1-3-9(16)7-14/h4-5,8-9H,1-3,6H2. The van der Waals surface area contributed by atoms with Crippen LogP contribution in [-0.4, -0.2) is 28.4 Å². The van der Waals surface area contributed by atoms with Gasteiger partial charge in [0.15, 0.2) is 5.82 Å². The zero-order valence-electron chi connectivity index (χ0n) is 9.27. The molecule has 5 heteroatoms. The lowest BCUT2D eigenvalue weighted by Gasteiger charge is -2.31. The molecule has 1 aliphatic rings. The quantitative estimate of drug-likeness (QED) is 0.742. The Balaban J connectivity index is 2.25. The molecule has 0 aliphatic carbocycles. The molecule has 1 saturated heterocycles. The molecule has 1 unspecified atom stereocenters. The summed E-state index contributed by atoms with van der Waals surface area (Å²) < 4.78 is 13.4. The van der Waals surface area contributed by atoms with Crippen LogP contribution in [0.2, 0.25) is 0 Å². The average Bonchev–Trinajstić information content (AvgIpc) is 2.38. The normalized spacial score (nSPS) is 19.8. The van der Waals surface area contributed by atoms with Crippen LogP contribution in [0.1, 0.15) is 29.6 Å². The highest BCUT2D eigenvalue weighted by Crippen LogP contribution is 2.19. The topological polar surface area (TPSA) is 57.0 Å². The van der Waals surface area contributed by atoms with Crippen LogP contribution in [0.5, 0.6) is 0 Å². The van der Waals surface area contributed by atoms with E-state index in [0.717, 1.165) is 19.0 Å². The number of hydrogen-bond acceptors (Lipinski definition) is 3. The Morgan fingerprint density at radius 1 is 1.59 bits per heavy atom. The van der Waals surface area contributed by atoms with E-state index in [9.17, 15) is 9.18 Å². The third-order valence-electron chi connectivity index (χ3n) is 2.92. The van der Waals surface area contributed by atoms with E-state index in [1.165, 1.54) is 17.2 Å². The van der Waals surface area contributed by atoms with E-state index >= 15 is 0 Å². The molecular weight excluding hydrogens is 221 g/mol. The summed E-state index contributed by atoms with van der Waals surface area (Å²) in [7, 11) is 0. The molecule has 17 heavy (non-hydrogen) atoms. The highest BCUT2D eigenvalue weighted by atomic mass is 19.1. The maximum atomic E-state index is 13.4. The molecular formula is C12H12FN3O. The Morgan fingerprint density at radius 3 is 3.12 bits per heavy atom. The lowest BCUT2D eigenvalue weighted by Crippen LogP contribution is -2.43. The van der Waals surface area contributed by atoms with Crippen molar-refractivity contribution in [1.82, 2.24) is 9.88 Å². The lowest BCUT2D eigenvalue weighted by molar-refractivity contribution is 0.0665. The Morgan fingerprint density at radius 2 is 2.41 bits per heavy atom. The second-order valence-electron chi connectivity index (χ2n) is 3.99. The molecule has 1 fully saturated rings. The first-order valence-corrected chi connectivity index (χ1v) is 5.54. The number of carbonyl (C=O) groups is 1. The largest absolute Gasteiger partial charge is 0.323 e. The molecule has 2 rings (SSSR count). The van der Waals surface area contributed by atoms with Gasteiger partial charge in [-0.3, -0.25) is 9.78 Å². The Labute approximate surface area is 98.7 Å². The minimum Gasteiger partial charge on any atom is -0.323 e. The van der Waals surface area contributed by atoms with E-state index in [1.54, 1.807) is 0 Å². The summed E-state index contributed by atoms with van der Waals surface area (Å²) in [6.07, 6.45) is 4.84. The molecule has 0 saturated carbocycles. The summed E-state index contributed by atoms with van der Waals surface area (Å²) in [4.78, 5) is 17.1. The van der Waals surface area contributed by atoms with Crippen LogP contribution in [0.3, 0.4) is 0 Å². The fourth-order valence-corrected chi connectivity index (χ4v) is 2.01. The van der Waals surface area contributed by atoms with Crippen molar-refractivity contribution >= 4 is 5.91 Å². The fraction of sp³-hybridized carbons (Fsp3) is 0.417. The van der Waals surface area contributed by atoms with E-state index in [1.807, 2.05) is 0 Å². The van der Waals surface area contributed by atoms with Crippen LogP contribution in [0.4, 0.5) is 4.39 Å². The highest BCUT2D eigenvalue weighted by molar-refractivity contribution is 5.94. The van der Waals surface area contributed by atoms with Gasteiger partial charge in [0.2, 0.25) is 0 Å². The van der Waals surface area contributed by atoms with Gasteiger partial charge in [0.1, 0.15) is 6.04 Å². The minimum atomic E-state index is -0.639. The minimum absolute atomic E-state index is 0.0119. The van der Waals surface area contributed by atoms with Crippen LogP contribution in [0.15, 0.2) is 18.5 Å².